The molecule has 0 fully saturated rings. The Balaban J connectivity index is 2.09. The number of nitrogens with zero attached hydrogens (tertiary/aromatic N) is 2. The van der Waals surface area contributed by atoms with Crippen molar-refractivity contribution in [3.8, 4) is 10.6 Å². The Bertz CT molecular complexity index is 817. The minimum Gasteiger partial charge on any atom is -0.366 e. The topological polar surface area (TPSA) is 60.9 Å². The van der Waals surface area contributed by atoms with E-state index in [4.69, 9.17) is 5.73 Å². The third-order valence-electron chi connectivity index (χ3n) is 4.17. The highest BCUT2D eigenvalue weighted by Crippen LogP contribution is 2.35. The molecular weight excluding hydrogens is 338 g/mol. The van der Waals surface area contributed by atoms with Gasteiger partial charge in [0, 0.05) is 40.0 Å². The molecule has 0 aliphatic heterocycles. The summed E-state index contributed by atoms with van der Waals surface area (Å²) in [5, 5.41) is 4.92. The molecule has 24 heavy (non-hydrogen) atoms. The molecule has 0 spiro atoms. The average molecular weight is 360 g/mol. The van der Waals surface area contributed by atoms with Gasteiger partial charge in [-0.05, 0) is 31.2 Å². The van der Waals surface area contributed by atoms with Gasteiger partial charge in [-0.2, -0.15) is 0 Å². The fourth-order valence-electron chi connectivity index (χ4n) is 3.15. The minimum atomic E-state index is -0.370. The first-order chi connectivity index (χ1) is 11.6. The van der Waals surface area contributed by atoms with E-state index in [2.05, 4.69) is 34.0 Å². The maximum Gasteiger partial charge on any atom is 0.251 e. The molecule has 3 rings (SSSR count). The summed E-state index contributed by atoms with van der Waals surface area (Å²) in [7, 11) is 0. The molecule has 3 aromatic heterocycles. The Kier molecular flexibility index (Phi) is 5.16. The third-order valence-corrected chi connectivity index (χ3v) is 5.90. The van der Waals surface area contributed by atoms with Crippen LogP contribution in [0.25, 0.3) is 10.6 Å². The van der Waals surface area contributed by atoms with Gasteiger partial charge in [-0.3, -0.25) is 4.79 Å². The molecule has 3 heterocycles. The normalized spacial score (nSPS) is 11.1. The molecule has 0 saturated heterocycles. The van der Waals surface area contributed by atoms with Crippen molar-refractivity contribution in [1.82, 2.24) is 9.55 Å². The highest BCUT2D eigenvalue weighted by Gasteiger charge is 2.25. The summed E-state index contributed by atoms with van der Waals surface area (Å²) in [6.07, 6.45) is 4.66. The van der Waals surface area contributed by atoms with Gasteiger partial charge in [0.2, 0.25) is 0 Å². The summed E-state index contributed by atoms with van der Waals surface area (Å²) >= 11 is 3.32. The lowest BCUT2D eigenvalue weighted by Gasteiger charge is -2.11. The number of aryl methyl sites for hydroxylation is 1. The molecule has 4 nitrogen and oxygen atoms in total. The molecule has 0 aromatic carbocycles. The number of nitrogens with two attached hydrogens (primary N) is 1. The van der Waals surface area contributed by atoms with E-state index in [-0.39, 0.29) is 5.91 Å². The van der Waals surface area contributed by atoms with Crippen LogP contribution in [0.2, 0.25) is 0 Å². The first kappa shape index (κ1) is 16.9. The Morgan fingerprint density at radius 1 is 1.29 bits per heavy atom. The number of rotatable bonds is 7. The zero-order valence-corrected chi connectivity index (χ0v) is 15.5. The van der Waals surface area contributed by atoms with Crippen LogP contribution < -0.4 is 5.73 Å². The van der Waals surface area contributed by atoms with Crippen LogP contribution in [0.5, 0.6) is 0 Å². The molecule has 126 valence electrons. The van der Waals surface area contributed by atoms with Gasteiger partial charge in [-0.25, -0.2) is 4.98 Å². The van der Waals surface area contributed by atoms with Crippen molar-refractivity contribution in [2.24, 2.45) is 5.73 Å². The van der Waals surface area contributed by atoms with Gasteiger partial charge in [0.1, 0.15) is 5.01 Å². The Labute approximate surface area is 150 Å². The average Bonchev–Trinajstić information content (AvgIpc) is 3.26. The maximum atomic E-state index is 12.1. The maximum absolute atomic E-state index is 12.1. The lowest BCUT2D eigenvalue weighted by molar-refractivity contribution is 0.1000. The summed E-state index contributed by atoms with van der Waals surface area (Å²) < 4.78 is 2.26. The van der Waals surface area contributed by atoms with Crippen molar-refractivity contribution < 1.29 is 4.79 Å². The SMILES string of the molecule is CCCc1c(-c2nccs2)c(C(N)=O)c(C)n1CCc1cccs1. The van der Waals surface area contributed by atoms with Crippen molar-refractivity contribution in [2.75, 3.05) is 0 Å². The lowest BCUT2D eigenvalue weighted by Crippen LogP contribution is -2.13. The lowest BCUT2D eigenvalue weighted by atomic mass is 10.1. The summed E-state index contributed by atoms with van der Waals surface area (Å²) in [5.41, 5.74) is 9.40. The summed E-state index contributed by atoms with van der Waals surface area (Å²) in [6, 6.07) is 4.23. The van der Waals surface area contributed by atoms with Gasteiger partial charge in [-0.1, -0.05) is 19.4 Å². The number of aromatic nitrogens is 2. The van der Waals surface area contributed by atoms with Crippen LogP contribution in [0.15, 0.2) is 29.1 Å². The van der Waals surface area contributed by atoms with Crippen LogP contribution in [0, 0.1) is 6.92 Å². The molecule has 0 aliphatic rings. The third kappa shape index (κ3) is 3.16. The second-order valence-corrected chi connectivity index (χ2v) is 7.64. The number of carbonyl (C=O) groups is 1. The van der Waals surface area contributed by atoms with Gasteiger partial charge < -0.3 is 10.3 Å². The van der Waals surface area contributed by atoms with E-state index in [9.17, 15) is 4.79 Å². The Morgan fingerprint density at radius 2 is 2.12 bits per heavy atom. The van der Waals surface area contributed by atoms with Crippen molar-refractivity contribution in [2.45, 2.75) is 39.7 Å². The van der Waals surface area contributed by atoms with E-state index in [0.717, 1.165) is 42.1 Å². The van der Waals surface area contributed by atoms with Gasteiger partial charge >= 0.3 is 0 Å². The van der Waals surface area contributed by atoms with Crippen LogP contribution in [-0.2, 0) is 19.4 Å². The van der Waals surface area contributed by atoms with Crippen LogP contribution in [0.1, 0.15) is 40.0 Å². The van der Waals surface area contributed by atoms with Crippen molar-refractivity contribution in [1.29, 1.82) is 0 Å². The van der Waals surface area contributed by atoms with E-state index >= 15 is 0 Å². The van der Waals surface area contributed by atoms with Gasteiger partial charge in [0.05, 0.1) is 5.56 Å². The van der Waals surface area contributed by atoms with Crippen molar-refractivity contribution in [3.05, 3.63) is 50.9 Å². The largest absolute Gasteiger partial charge is 0.366 e. The van der Waals surface area contributed by atoms with Gasteiger partial charge in [-0.15, -0.1) is 22.7 Å². The summed E-state index contributed by atoms with van der Waals surface area (Å²) in [6.45, 7) is 5.00. The number of amides is 1. The van der Waals surface area contributed by atoms with Crippen LogP contribution in [0.3, 0.4) is 0 Å². The van der Waals surface area contributed by atoms with E-state index in [0.29, 0.717) is 5.56 Å². The predicted octanol–water partition coefficient (Wildman–Crippen LogP) is 4.28. The summed E-state index contributed by atoms with van der Waals surface area (Å²) in [4.78, 5) is 17.9. The molecule has 6 heteroatoms. The Morgan fingerprint density at radius 3 is 2.71 bits per heavy atom. The monoisotopic (exact) mass is 359 g/mol. The molecule has 0 saturated carbocycles. The van der Waals surface area contributed by atoms with Gasteiger partial charge in [0.15, 0.2) is 0 Å². The molecule has 2 N–H and O–H groups in total. The fraction of sp³-hybridized carbons (Fsp3) is 0.333. The zero-order chi connectivity index (χ0) is 17.1. The first-order valence-corrected chi connectivity index (χ1v) is 9.83. The van der Waals surface area contributed by atoms with E-state index in [1.165, 1.54) is 10.6 Å². The van der Waals surface area contributed by atoms with Crippen molar-refractivity contribution >= 4 is 28.6 Å². The second kappa shape index (κ2) is 7.32. The molecule has 0 atom stereocenters. The highest BCUT2D eigenvalue weighted by molar-refractivity contribution is 7.13. The van der Waals surface area contributed by atoms with E-state index in [1.54, 1.807) is 28.9 Å². The van der Waals surface area contributed by atoms with Gasteiger partial charge in [0.25, 0.3) is 5.91 Å². The molecule has 1 amide bonds. The van der Waals surface area contributed by atoms with E-state index < -0.39 is 0 Å². The molecule has 3 aromatic rings. The number of thiazole rings is 1. The number of carbonyl (C=O) groups excluding carboxylic acids is 1. The molecule has 0 aliphatic carbocycles. The molecule has 0 bridgehead atoms. The number of hydrogen-bond acceptors (Lipinski definition) is 4. The van der Waals surface area contributed by atoms with E-state index in [1.807, 2.05) is 12.3 Å². The summed E-state index contributed by atoms with van der Waals surface area (Å²) in [5.74, 6) is -0.370. The van der Waals surface area contributed by atoms with Crippen molar-refractivity contribution in [3.63, 3.8) is 0 Å². The van der Waals surface area contributed by atoms with Crippen LogP contribution in [-0.4, -0.2) is 15.5 Å². The van der Waals surface area contributed by atoms with Crippen LogP contribution in [0.4, 0.5) is 0 Å². The second-order valence-electron chi connectivity index (χ2n) is 5.71. The fourth-order valence-corrected chi connectivity index (χ4v) is 4.56. The standard InChI is InChI=1S/C18H21N3OS2/c1-3-5-14-16(18-20-8-11-24-18)15(17(19)22)12(2)21(14)9-7-13-6-4-10-23-13/h4,6,8,10-11H,3,5,7,9H2,1-2H3,(H2,19,22). The quantitative estimate of drug-likeness (QED) is 0.684. The van der Waals surface area contributed by atoms with Crippen LogP contribution >= 0.6 is 22.7 Å². The number of thiophene rings is 1. The number of primary amides is 1. The molecule has 0 unspecified atom stereocenters. The smallest absolute Gasteiger partial charge is 0.251 e. The zero-order valence-electron chi connectivity index (χ0n) is 13.9. The predicted molar refractivity (Wildman–Crippen MR) is 101 cm³/mol. The first-order valence-electron chi connectivity index (χ1n) is 8.07. The minimum absolute atomic E-state index is 0.370. The molecule has 0 radical (unpaired) electrons. The Hall–Kier alpha value is -1.92. The highest BCUT2D eigenvalue weighted by atomic mass is 32.1. The molecular formula is C18H21N3OS2. The number of hydrogen-bond donors (Lipinski definition) is 1.